The average molecular weight is 483 g/mol. The number of nitrogens with one attached hydrogen (secondary N) is 2. The second-order valence-electron chi connectivity index (χ2n) is 6.07. The van der Waals surface area contributed by atoms with Gasteiger partial charge in [-0.15, -0.1) is 24.0 Å². The summed E-state index contributed by atoms with van der Waals surface area (Å²) in [5.74, 6) is 0.352. The fourth-order valence-electron chi connectivity index (χ4n) is 2.62. The predicted octanol–water partition coefficient (Wildman–Crippen LogP) is 2.73. The SMILES string of the molecule is CN=C(NCCCOCC1CCOC1)NCCc1cc(F)ccc1F.I. The van der Waals surface area contributed by atoms with E-state index in [1.165, 1.54) is 6.07 Å². The lowest BCUT2D eigenvalue weighted by molar-refractivity contribution is 0.0888. The van der Waals surface area contributed by atoms with Crippen LogP contribution in [0.5, 0.6) is 0 Å². The molecule has 1 unspecified atom stereocenters. The molecule has 0 radical (unpaired) electrons. The molecule has 0 aliphatic carbocycles. The number of nitrogens with zero attached hydrogens (tertiary/aromatic N) is 1. The monoisotopic (exact) mass is 483 g/mol. The Balaban J connectivity index is 0.00000338. The first-order valence-electron chi connectivity index (χ1n) is 8.73. The Morgan fingerprint density at radius 1 is 1.31 bits per heavy atom. The number of aliphatic imine (C=N–C) groups is 1. The van der Waals surface area contributed by atoms with Gasteiger partial charge in [0.05, 0.1) is 13.2 Å². The molecule has 1 aliphatic heterocycles. The van der Waals surface area contributed by atoms with E-state index in [0.717, 1.165) is 51.3 Å². The topological polar surface area (TPSA) is 54.9 Å². The van der Waals surface area contributed by atoms with Crippen LogP contribution in [0, 0.1) is 17.6 Å². The van der Waals surface area contributed by atoms with Crippen molar-refractivity contribution in [1.29, 1.82) is 0 Å². The molecule has 1 saturated heterocycles. The smallest absolute Gasteiger partial charge is 0.190 e. The van der Waals surface area contributed by atoms with Gasteiger partial charge in [0.1, 0.15) is 11.6 Å². The normalized spacial score (nSPS) is 17.0. The summed E-state index contributed by atoms with van der Waals surface area (Å²) in [5, 5.41) is 6.27. The van der Waals surface area contributed by atoms with Crippen LogP contribution in [0.2, 0.25) is 0 Å². The van der Waals surface area contributed by atoms with Crippen molar-refractivity contribution in [2.75, 3.05) is 46.6 Å². The number of ether oxygens (including phenoxy) is 2. The summed E-state index contributed by atoms with van der Waals surface area (Å²) in [6, 6.07) is 3.49. The number of benzene rings is 1. The Hall–Kier alpha value is -1.00. The number of rotatable bonds is 9. The highest BCUT2D eigenvalue weighted by Crippen LogP contribution is 2.12. The minimum atomic E-state index is -0.428. The minimum absolute atomic E-state index is 0. The van der Waals surface area contributed by atoms with Gasteiger partial charge < -0.3 is 20.1 Å². The van der Waals surface area contributed by atoms with E-state index < -0.39 is 11.6 Å². The van der Waals surface area contributed by atoms with Crippen molar-refractivity contribution in [3.63, 3.8) is 0 Å². The maximum absolute atomic E-state index is 13.5. The molecule has 5 nitrogen and oxygen atoms in total. The Morgan fingerprint density at radius 2 is 2.12 bits per heavy atom. The van der Waals surface area contributed by atoms with Crippen LogP contribution in [-0.2, 0) is 15.9 Å². The van der Waals surface area contributed by atoms with Gasteiger partial charge in [-0.05, 0) is 43.0 Å². The summed E-state index contributed by atoms with van der Waals surface area (Å²) in [7, 11) is 1.68. The first-order chi connectivity index (χ1) is 12.2. The molecule has 2 rings (SSSR count). The van der Waals surface area contributed by atoms with Crippen molar-refractivity contribution in [1.82, 2.24) is 10.6 Å². The molecular formula is C18H28F2IN3O2. The highest BCUT2D eigenvalue weighted by Gasteiger charge is 2.15. The largest absolute Gasteiger partial charge is 0.381 e. The lowest BCUT2D eigenvalue weighted by atomic mass is 10.1. The first-order valence-corrected chi connectivity index (χ1v) is 8.73. The molecule has 2 N–H and O–H groups in total. The second-order valence-corrected chi connectivity index (χ2v) is 6.07. The number of hydrogen-bond donors (Lipinski definition) is 2. The van der Waals surface area contributed by atoms with E-state index in [-0.39, 0.29) is 24.0 Å². The third-order valence-corrected chi connectivity index (χ3v) is 4.05. The van der Waals surface area contributed by atoms with Crippen molar-refractivity contribution < 1.29 is 18.3 Å². The van der Waals surface area contributed by atoms with E-state index in [9.17, 15) is 8.78 Å². The Labute approximate surface area is 171 Å². The van der Waals surface area contributed by atoms with Gasteiger partial charge in [-0.2, -0.15) is 0 Å². The Bertz CT molecular complexity index is 555. The first kappa shape index (κ1) is 23.0. The van der Waals surface area contributed by atoms with Gasteiger partial charge in [-0.3, -0.25) is 4.99 Å². The summed E-state index contributed by atoms with van der Waals surface area (Å²) in [6.45, 7) is 4.30. The Kier molecular flexibility index (Phi) is 11.7. The molecule has 1 atom stereocenters. The molecule has 0 spiro atoms. The van der Waals surface area contributed by atoms with Crippen molar-refractivity contribution in [2.24, 2.45) is 10.9 Å². The molecule has 0 amide bonds. The molecule has 0 saturated carbocycles. The van der Waals surface area contributed by atoms with Crippen LogP contribution in [-0.4, -0.2) is 52.5 Å². The fourth-order valence-corrected chi connectivity index (χ4v) is 2.62. The summed E-state index contributed by atoms with van der Waals surface area (Å²) < 4.78 is 37.6. The Morgan fingerprint density at radius 3 is 2.85 bits per heavy atom. The van der Waals surface area contributed by atoms with Gasteiger partial charge in [0.2, 0.25) is 0 Å². The van der Waals surface area contributed by atoms with Gasteiger partial charge in [0, 0.05) is 39.3 Å². The minimum Gasteiger partial charge on any atom is -0.381 e. The van der Waals surface area contributed by atoms with E-state index in [4.69, 9.17) is 9.47 Å². The number of halogens is 3. The standard InChI is InChI=1S/C18H27F2N3O2.HI/c1-21-18(22-7-2-9-24-12-14-6-10-25-13-14)23-8-5-15-11-16(19)3-4-17(15)20;/h3-4,11,14H,2,5-10,12-13H2,1H3,(H2,21,22,23);1H. The molecule has 148 valence electrons. The lowest BCUT2D eigenvalue weighted by Gasteiger charge is -2.13. The molecule has 0 bridgehead atoms. The van der Waals surface area contributed by atoms with Gasteiger partial charge in [0.25, 0.3) is 0 Å². The van der Waals surface area contributed by atoms with Gasteiger partial charge in [0.15, 0.2) is 5.96 Å². The van der Waals surface area contributed by atoms with Crippen LogP contribution in [0.1, 0.15) is 18.4 Å². The maximum Gasteiger partial charge on any atom is 0.190 e. The van der Waals surface area contributed by atoms with Crippen molar-refractivity contribution in [3.8, 4) is 0 Å². The molecule has 1 aromatic carbocycles. The van der Waals surface area contributed by atoms with Gasteiger partial charge in [-0.25, -0.2) is 8.78 Å². The molecule has 1 aromatic rings. The van der Waals surface area contributed by atoms with E-state index >= 15 is 0 Å². The van der Waals surface area contributed by atoms with Crippen LogP contribution in [0.3, 0.4) is 0 Å². The molecule has 8 heteroatoms. The number of guanidine groups is 1. The van der Waals surface area contributed by atoms with Crippen LogP contribution in [0.4, 0.5) is 8.78 Å². The fraction of sp³-hybridized carbons (Fsp3) is 0.611. The highest BCUT2D eigenvalue weighted by atomic mass is 127. The summed E-state index contributed by atoms with van der Waals surface area (Å²) in [6.07, 6.45) is 2.34. The van der Waals surface area contributed by atoms with Crippen LogP contribution in [0.25, 0.3) is 0 Å². The van der Waals surface area contributed by atoms with Gasteiger partial charge >= 0.3 is 0 Å². The van der Waals surface area contributed by atoms with Crippen LogP contribution in [0.15, 0.2) is 23.2 Å². The molecular weight excluding hydrogens is 455 g/mol. The summed E-state index contributed by atoms with van der Waals surface area (Å²) >= 11 is 0. The zero-order valence-corrected chi connectivity index (χ0v) is 17.4. The number of hydrogen-bond acceptors (Lipinski definition) is 3. The molecule has 1 heterocycles. The van der Waals surface area contributed by atoms with Crippen LogP contribution >= 0.6 is 24.0 Å². The zero-order valence-electron chi connectivity index (χ0n) is 15.1. The third-order valence-electron chi connectivity index (χ3n) is 4.05. The lowest BCUT2D eigenvalue weighted by Crippen LogP contribution is -2.39. The molecule has 26 heavy (non-hydrogen) atoms. The van der Waals surface area contributed by atoms with Crippen molar-refractivity contribution in [2.45, 2.75) is 19.3 Å². The third kappa shape index (κ3) is 8.59. The van der Waals surface area contributed by atoms with E-state index in [0.29, 0.717) is 37.0 Å². The van der Waals surface area contributed by atoms with Gasteiger partial charge in [-0.1, -0.05) is 0 Å². The van der Waals surface area contributed by atoms with Crippen molar-refractivity contribution in [3.05, 3.63) is 35.4 Å². The van der Waals surface area contributed by atoms with E-state index in [1.807, 2.05) is 0 Å². The van der Waals surface area contributed by atoms with E-state index in [2.05, 4.69) is 15.6 Å². The van der Waals surface area contributed by atoms with Crippen LogP contribution < -0.4 is 10.6 Å². The molecule has 1 fully saturated rings. The maximum atomic E-state index is 13.5. The summed E-state index contributed by atoms with van der Waals surface area (Å²) in [4.78, 5) is 4.11. The predicted molar refractivity (Wildman–Crippen MR) is 109 cm³/mol. The van der Waals surface area contributed by atoms with E-state index in [1.54, 1.807) is 7.05 Å². The average Bonchev–Trinajstić information content (AvgIpc) is 3.12. The molecule has 1 aliphatic rings. The quantitative estimate of drug-likeness (QED) is 0.246. The second kappa shape index (κ2) is 13.2. The highest BCUT2D eigenvalue weighted by molar-refractivity contribution is 14.0. The van der Waals surface area contributed by atoms with Crippen molar-refractivity contribution >= 4 is 29.9 Å². The summed E-state index contributed by atoms with van der Waals surface area (Å²) in [5.41, 5.74) is 0.354. The zero-order chi connectivity index (χ0) is 17.9. The molecule has 0 aromatic heterocycles.